The van der Waals surface area contributed by atoms with Gasteiger partial charge in [0.25, 0.3) is 5.91 Å². The molecule has 1 amide bonds. The molecule has 3 aliphatic heterocycles. The van der Waals surface area contributed by atoms with Crippen molar-refractivity contribution in [2.24, 2.45) is 0 Å². The van der Waals surface area contributed by atoms with E-state index in [1.54, 1.807) is 19.3 Å². The van der Waals surface area contributed by atoms with Gasteiger partial charge < -0.3 is 19.3 Å². The lowest BCUT2D eigenvalue weighted by Crippen LogP contribution is -2.45. The highest BCUT2D eigenvalue weighted by atomic mass is 32.2. The smallest absolute Gasteiger partial charge is 0.272 e. The van der Waals surface area contributed by atoms with Crippen LogP contribution >= 0.6 is 0 Å². The molecule has 0 aliphatic carbocycles. The van der Waals surface area contributed by atoms with Crippen molar-refractivity contribution >= 4 is 21.4 Å². The van der Waals surface area contributed by atoms with E-state index in [9.17, 15) is 13.2 Å². The minimum Gasteiger partial charge on any atom is -0.370 e. The van der Waals surface area contributed by atoms with Crippen molar-refractivity contribution in [3.63, 3.8) is 0 Å². The highest BCUT2D eigenvalue weighted by Gasteiger charge is 2.40. The second-order valence-corrected chi connectivity index (χ2v) is 9.70. The molecule has 8 nitrogen and oxygen atoms in total. The lowest BCUT2D eigenvalue weighted by Gasteiger charge is -2.38. The molecule has 1 aromatic rings. The van der Waals surface area contributed by atoms with Gasteiger partial charge in [-0.1, -0.05) is 0 Å². The zero-order valence-electron chi connectivity index (χ0n) is 15.5. The van der Waals surface area contributed by atoms with E-state index in [0.29, 0.717) is 25.3 Å². The fraction of sp³-hybridized carbons (Fsp3) is 0.667. The summed E-state index contributed by atoms with van der Waals surface area (Å²) in [5.74, 6) is -0.475. The molecule has 0 aromatic carbocycles. The third kappa shape index (κ3) is 3.81. The molecule has 0 N–H and O–H groups in total. The minimum atomic E-state index is -3.03. The molecule has 1 unspecified atom stereocenters. The first kappa shape index (κ1) is 18.6. The van der Waals surface area contributed by atoms with Crippen molar-refractivity contribution in [3.05, 3.63) is 24.0 Å². The van der Waals surface area contributed by atoms with Crippen molar-refractivity contribution in [1.29, 1.82) is 0 Å². The van der Waals surface area contributed by atoms with Crippen LogP contribution in [0.25, 0.3) is 0 Å². The van der Waals surface area contributed by atoms with E-state index in [4.69, 9.17) is 9.47 Å². The van der Waals surface area contributed by atoms with Crippen molar-refractivity contribution in [1.82, 2.24) is 9.88 Å². The molecule has 27 heavy (non-hydrogen) atoms. The number of amides is 1. The van der Waals surface area contributed by atoms with E-state index in [1.807, 2.05) is 6.07 Å². The van der Waals surface area contributed by atoms with Crippen molar-refractivity contribution in [2.45, 2.75) is 31.1 Å². The van der Waals surface area contributed by atoms with Crippen molar-refractivity contribution in [3.8, 4) is 0 Å². The average molecular weight is 395 g/mol. The number of pyridine rings is 1. The molecule has 0 saturated carbocycles. The molecule has 3 saturated heterocycles. The van der Waals surface area contributed by atoms with E-state index >= 15 is 0 Å². The van der Waals surface area contributed by atoms with Gasteiger partial charge in [-0.3, -0.25) is 4.79 Å². The Balaban J connectivity index is 1.38. The first-order valence-corrected chi connectivity index (χ1v) is 11.2. The van der Waals surface area contributed by atoms with E-state index in [-0.39, 0.29) is 23.5 Å². The van der Waals surface area contributed by atoms with E-state index in [0.717, 1.165) is 31.6 Å². The number of rotatable bonds is 3. The van der Waals surface area contributed by atoms with Crippen LogP contribution in [-0.4, -0.2) is 80.9 Å². The maximum Gasteiger partial charge on any atom is 0.272 e. The molecule has 4 heterocycles. The largest absolute Gasteiger partial charge is 0.370 e. The minimum absolute atomic E-state index is 0.0347. The predicted molar refractivity (Wildman–Crippen MR) is 99.5 cm³/mol. The molecule has 1 atom stereocenters. The summed E-state index contributed by atoms with van der Waals surface area (Å²) in [6, 6.07) is 3.34. The maximum atomic E-state index is 12.6. The molecule has 3 aliphatic rings. The molecule has 4 rings (SSSR count). The Morgan fingerprint density at radius 1 is 1.26 bits per heavy atom. The van der Waals surface area contributed by atoms with Crippen LogP contribution in [0.5, 0.6) is 0 Å². The number of carbonyl (C=O) groups is 1. The molecule has 1 spiro atoms. The van der Waals surface area contributed by atoms with Crippen LogP contribution < -0.4 is 4.90 Å². The first-order valence-electron chi connectivity index (χ1n) is 9.34. The highest BCUT2D eigenvalue weighted by molar-refractivity contribution is 7.91. The lowest BCUT2D eigenvalue weighted by molar-refractivity contribution is -0.169. The molecule has 0 radical (unpaired) electrons. The third-order valence-electron chi connectivity index (χ3n) is 5.75. The van der Waals surface area contributed by atoms with Gasteiger partial charge in [-0.2, -0.15) is 0 Å². The molecule has 3 fully saturated rings. The van der Waals surface area contributed by atoms with Crippen LogP contribution in [-0.2, 0) is 19.3 Å². The van der Waals surface area contributed by atoms with Gasteiger partial charge in [0.2, 0.25) is 0 Å². The zero-order chi connectivity index (χ0) is 19.1. The fourth-order valence-corrected chi connectivity index (χ4v) is 5.79. The average Bonchev–Trinajstić information content (AvgIpc) is 3.28. The number of anilines is 1. The second kappa shape index (κ2) is 7.03. The van der Waals surface area contributed by atoms with Crippen LogP contribution in [0.2, 0.25) is 0 Å². The number of nitrogens with zero attached hydrogens (tertiary/aromatic N) is 3. The van der Waals surface area contributed by atoms with Gasteiger partial charge in [-0.05, 0) is 18.6 Å². The number of sulfone groups is 1. The Labute approximate surface area is 159 Å². The number of aromatic nitrogens is 1. The molecular formula is C18H25N3O5S. The predicted octanol–water partition coefficient (Wildman–Crippen LogP) is 0.684. The standard InChI is InChI=1S/C18H25N3O5S/c1-20(15-4-11-27(23,24)13-15)17(22)16-3-2-14(12-19-16)21-7-5-18(6-8-21)25-9-10-26-18/h2-3,12,15H,4-11,13H2,1H3. The highest BCUT2D eigenvalue weighted by Crippen LogP contribution is 2.33. The monoisotopic (exact) mass is 395 g/mol. The van der Waals surface area contributed by atoms with Crippen LogP contribution in [0.15, 0.2) is 18.3 Å². The number of ether oxygens (including phenoxy) is 2. The van der Waals surface area contributed by atoms with Crippen LogP contribution in [0.4, 0.5) is 5.69 Å². The Morgan fingerprint density at radius 3 is 2.52 bits per heavy atom. The SMILES string of the molecule is CN(C(=O)c1ccc(N2CCC3(CC2)OCCO3)cn1)C1CCS(=O)(=O)C1. The Bertz CT molecular complexity index is 795. The van der Waals surface area contributed by atoms with Gasteiger partial charge >= 0.3 is 0 Å². The summed E-state index contributed by atoms with van der Waals surface area (Å²) >= 11 is 0. The normalized spacial score (nSPS) is 26.4. The van der Waals surface area contributed by atoms with Crippen LogP contribution in [0.3, 0.4) is 0 Å². The second-order valence-electron chi connectivity index (χ2n) is 7.47. The van der Waals surface area contributed by atoms with Crippen LogP contribution in [0, 0.1) is 0 Å². The van der Waals surface area contributed by atoms with Gasteiger partial charge in [0, 0.05) is 39.0 Å². The zero-order valence-corrected chi connectivity index (χ0v) is 16.3. The molecule has 0 bridgehead atoms. The fourth-order valence-electron chi connectivity index (χ4n) is 4.02. The summed E-state index contributed by atoms with van der Waals surface area (Å²) in [6.07, 6.45) is 3.82. The number of hydrogen-bond donors (Lipinski definition) is 0. The van der Waals surface area contributed by atoms with Gasteiger partial charge in [0.15, 0.2) is 15.6 Å². The van der Waals surface area contributed by atoms with Gasteiger partial charge in [-0.15, -0.1) is 0 Å². The number of piperidine rings is 1. The first-order chi connectivity index (χ1) is 12.9. The maximum absolute atomic E-state index is 12.6. The van der Waals surface area contributed by atoms with Gasteiger partial charge in [-0.25, -0.2) is 13.4 Å². The van der Waals surface area contributed by atoms with Crippen molar-refractivity contribution < 1.29 is 22.7 Å². The lowest BCUT2D eigenvalue weighted by atomic mass is 10.0. The summed E-state index contributed by atoms with van der Waals surface area (Å²) in [7, 11) is -1.38. The van der Waals surface area contributed by atoms with Crippen molar-refractivity contribution in [2.75, 3.05) is 49.8 Å². The summed E-state index contributed by atoms with van der Waals surface area (Å²) in [6.45, 7) is 2.95. The van der Waals surface area contributed by atoms with E-state index in [2.05, 4.69) is 9.88 Å². The molecular weight excluding hydrogens is 370 g/mol. The molecule has 9 heteroatoms. The Kier molecular flexibility index (Phi) is 4.85. The summed E-state index contributed by atoms with van der Waals surface area (Å²) in [4.78, 5) is 20.7. The molecule has 1 aromatic heterocycles. The van der Waals surface area contributed by atoms with Gasteiger partial charge in [0.05, 0.1) is 36.6 Å². The van der Waals surface area contributed by atoms with Gasteiger partial charge in [0.1, 0.15) is 5.69 Å². The van der Waals surface area contributed by atoms with E-state index < -0.39 is 15.6 Å². The Morgan fingerprint density at radius 2 is 1.96 bits per heavy atom. The van der Waals surface area contributed by atoms with Crippen LogP contribution in [0.1, 0.15) is 29.8 Å². The third-order valence-corrected chi connectivity index (χ3v) is 7.50. The molecule has 148 valence electrons. The summed E-state index contributed by atoms with van der Waals surface area (Å²) in [5.41, 5.74) is 1.30. The number of carbonyl (C=O) groups excluding carboxylic acids is 1. The Hall–Kier alpha value is -1.71. The summed E-state index contributed by atoms with van der Waals surface area (Å²) < 4.78 is 34.8. The topological polar surface area (TPSA) is 89.0 Å². The number of hydrogen-bond acceptors (Lipinski definition) is 7. The quantitative estimate of drug-likeness (QED) is 0.744. The summed E-state index contributed by atoms with van der Waals surface area (Å²) in [5, 5.41) is 0. The van der Waals surface area contributed by atoms with E-state index in [1.165, 1.54) is 4.90 Å².